The van der Waals surface area contributed by atoms with Crippen molar-refractivity contribution < 1.29 is 9.52 Å². The molecular formula is C20H25N3O2. The molecule has 132 valence electrons. The van der Waals surface area contributed by atoms with Gasteiger partial charge < -0.3 is 9.52 Å². The third-order valence-electron chi connectivity index (χ3n) is 4.63. The van der Waals surface area contributed by atoms with E-state index in [-0.39, 0.29) is 18.7 Å². The van der Waals surface area contributed by atoms with E-state index in [2.05, 4.69) is 56.3 Å². The highest BCUT2D eigenvalue weighted by Crippen LogP contribution is 2.25. The fourth-order valence-electron chi connectivity index (χ4n) is 3.14. The van der Waals surface area contributed by atoms with Gasteiger partial charge in [-0.15, -0.1) is 0 Å². The molecule has 0 bridgehead atoms. The summed E-state index contributed by atoms with van der Waals surface area (Å²) in [6, 6.07) is 9.86. The molecule has 0 spiro atoms. The highest BCUT2D eigenvalue weighted by Gasteiger charge is 2.20. The van der Waals surface area contributed by atoms with Crippen LogP contribution < -0.4 is 5.32 Å². The quantitative estimate of drug-likeness (QED) is 0.717. The van der Waals surface area contributed by atoms with Gasteiger partial charge in [0.05, 0.1) is 30.8 Å². The lowest BCUT2D eigenvalue weighted by molar-refractivity contribution is 0.217. The van der Waals surface area contributed by atoms with Crippen molar-refractivity contribution in [2.24, 2.45) is 0 Å². The number of hydrogen-bond donors (Lipinski definition) is 2. The Kier molecular flexibility index (Phi) is 5.06. The minimum Gasteiger partial charge on any atom is -0.468 e. The Morgan fingerprint density at radius 2 is 2.04 bits per heavy atom. The standard InChI is InChI=1S/C20H25N3O2/c1-13-7-8-14(2)19(10-13)23-16(4)17(11-21-23)15(3)22-18(12-24)20-6-5-9-25-20/h5-11,15,18,22,24H,12H2,1-4H3. The molecule has 0 saturated heterocycles. The van der Waals surface area contributed by atoms with Crippen LogP contribution in [-0.2, 0) is 0 Å². The summed E-state index contributed by atoms with van der Waals surface area (Å²) in [5.74, 6) is 0.730. The minimum absolute atomic E-state index is 0.0258. The number of nitrogens with zero attached hydrogens (tertiary/aromatic N) is 2. The van der Waals surface area contributed by atoms with Crippen molar-refractivity contribution in [2.45, 2.75) is 39.8 Å². The number of nitrogens with one attached hydrogen (secondary N) is 1. The van der Waals surface area contributed by atoms with E-state index in [9.17, 15) is 5.11 Å². The van der Waals surface area contributed by atoms with Gasteiger partial charge in [-0.1, -0.05) is 12.1 Å². The van der Waals surface area contributed by atoms with E-state index in [4.69, 9.17) is 4.42 Å². The molecule has 0 fully saturated rings. The van der Waals surface area contributed by atoms with Crippen molar-refractivity contribution in [3.05, 3.63) is 70.9 Å². The lowest BCUT2D eigenvalue weighted by atomic mass is 10.1. The molecule has 3 rings (SSSR count). The van der Waals surface area contributed by atoms with Crippen LogP contribution in [0.4, 0.5) is 0 Å². The molecule has 2 atom stereocenters. The first-order valence-corrected chi connectivity index (χ1v) is 8.53. The average Bonchev–Trinajstić information content (AvgIpc) is 3.24. The first-order valence-electron chi connectivity index (χ1n) is 8.53. The molecule has 2 N–H and O–H groups in total. The third kappa shape index (κ3) is 3.52. The highest BCUT2D eigenvalue weighted by molar-refractivity contribution is 5.44. The van der Waals surface area contributed by atoms with Gasteiger partial charge in [0.2, 0.25) is 0 Å². The number of furan rings is 1. The highest BCUT2D eigenvalue weighted by atomic mass is 16.3. The normalized spacial score (nSPS) is 13.8. The number of aromatic nitrogens is 2. The Morgan fingerprint density at radius 3 is 2.72 bits per heavy atom. The molecule has 0 aliphatic heterocycles. The first kappa shape index (κ1) is 17.5. The van der Waals surface area contributed by atoms with Crippen molar-refractivity contribution in [2.75, 3.05) is 6.61 Å². The van der Waals surface area contributed by atoms with Gasteiger partial charge in [0.15, 0.2) is 0 Å². The maximum absolute atomic E-state index is 9.67. The Labute approximate surface area is 148 Å². The summed E-state index contributed by atoms with van der Waals surface area (Å²) in [5.41, 5.74) is 5.69. The van der Waals surface area contributed by atoms with E-state index in [0.29, 0.717) is 0 Å². The zero-order chi connectivity index (χ0) is 18.0. The minimum atomic E-state index is -0.242. The molecule has 2 aromatic heterocycles. The molecule has 0 aliphatic rings. The predicted octanol–water partition coefficient (Wildman–Crippen LogP) is 3.77. The monoisotopic (exact) mass is 339 g/mol. The summed E-state index contributed by atoms with van der Waals surface area (Å²) < 4.78 is 7.40. The second-order valence-electron chi connectivity index (χ2n) is 6.53. The molecule has 2 heterocycles. The van der Waals surface area contributed by atoms with E-state index in [1.165, 1.54) is 11.1 Å². The molecule has 2 unspecified atom stereocenters. The summed E-state index contributed by atoms with van der Waals surface area (Å²) in [4.78, 5) is 0. The fourth-order valence-corrected chi connectivity index (χ4v) is 3.14. The van der Waals surface area contributed by atoms with Crippen LogP contribution in [0.25, 0.3) is 5.69 Å². The Hall–Kier alpha value is -2.37. The third-order valence-corrected chi connectivity index (χ3v) is 4.63. The molecule has 3 aromatic rings. The van der Waals surface area contributed by atoms with Crippen molar-refractivity contribution >= 4 is 0 Å². The summed E-state index contributed by atoms with van der Waals surface area (Å²) in [5, 5.41) is 17.7. The van der Waals surface area contributed by atoms with Crippen LogP contribution in [0.3, 0.4) is 0 Å². The first-order chi connectivity index (χ1) is 12.0. The summed E-state index contributed by atoms with van der Waals surface area (Å²) in [6.07, 6.45) is 3.51. The summed E-state index contributed by atoms with van der Waals surface area (Å²) in [7, 11) is 0. The second kappa shape index (κ2) is 7.25. The van der Waals surface area contributed by atoms with Crippen LogP contribution >= 0.6 is 0 Å². The van der Waals surface area contributed by atoms with Gasteiger partial charge >= 0.3 is 0 Å². The number of rotatable bonds is 6. The van der Waals surface area contributed by atoms with E-state index >= 15 is 0 Å². The van der Waals surface area contributed by atoms with Gasteiger partial charge in [-0.25, -0.2) is 4.68 Å². The molecular weight excluding hydrogens is 314 g/mol. The zero-order valence-corrected chi connectivity index (χ0v) is 15.2. The van der Waals surface area contributed by atoms with Gasteiger partial charge in [-0.2, -0.15) is 5.10 Å². The van der Waals surface area contributed by atoms with Gasteiger partial charge in [0.1, 0.15) is 5.76 Å². The number of aliphatic hydroxyl groups excluding tert-OH is 1. The number of benzene rings is 1. The Morgan fingerprint density at radius 1 is 1.24 bits per heavy atom. The van der Waals surface area contributed by atoms with Crippen molar-refractivity contribution in [3.8, 4) is 5.69 Å². The summed E-state index contributed by atoms with van der Waals surface area (Å²) >= 11 is 0. The summed E-state index contributed by atoms with van der Waals surface area (Å²) in [6.45, 7) is 8.30. The molecule has 0 radical (unpaired) electrons. The van der Waals surface area contributed by atoms with Gasteiger partial charge in [-0.05, 0) is 57.0 Å². The molecule has 0 saturated carbocycles. The largest absolute Gasteiger partial charge is 0.468 e. The van der Waals surface area contributed by atoms with Crippen LogP contribution in [0.1, 0.15) is 47.2 Å². The number of aryl methyl sites for hydroxylation is 2. The van der Waals surface area contributed by atoms with Crippen LogP contribution in [0.5, 0.6) is 0 Å². The lowest BCUT2D eigenvalue weighted by Crippen LogP contribution is -2.27. The molecule has 25 heavy (non-hydrogen) atoms. The second-order valence-corrected chi connectivity index (χ2v) is 6.53. The van der Waals surface area contributed by atoms with Gasteiger partial charge in [0, 0.05) is 17.3 Å². The maximum atomic E-state index is 9.67. The van der Waals surface area contributed by atoms with Crippen molar-refractivity contribution in [3.63, 3.8) is 0 Å². The molecule has 5 heteroatoms. The maximum Gasteiger partial charge on any atom is 0.123 e. The molecule has 0 aliphatic carbocycles. The SMILES string of the molecule is Cc1ccc(C)c(-n2ncc(C(C)NC(CO)c3ccco3)c2C)c1. The van der Waals surface area contributed by atoms with Crippen LogP contribution in [-0.4, -0.2) is 21.5 Å². The van der Waals surface area contributed by atoms with Gasteiger partial charge in [-0.3, -0.25) is 5.32 Å². The number of hydrogen-bond acceptors (Lipinski definition) is 4. The van der Waals surface area contributed by atoms with E-state index in [1.54, 1.807) is 6.26 Å². The lowest BCUT2D eigenvalue weighted by Gasteiger charge is -2.20. The van der Waals surface area contributed by atoms with Crippen LogP contribution in [0.15, 0.2) is 47.2 Å². The smallest absolute Gasteiger partial charge is 0.123 e. The average molecular weight is 339 g/mol. The van der Waals surface area contributed by atoms with Crippen LogP contribution in [0, 0.1) is 20.8 Å². The zero-order valence-electron chi connectivity index (χ0n) is 15.2. The van der Waals surface area contributed by atoms with E-state index < -0.39 is 0 Å². The Bertz CT molecular complexity index is 837. The fraction of sp³-hybridized carbons (Fsp3) is 0.350. The topological polar surface area (TPSA) is 63.2 Å². The number of aliphatic hydroxyl groups is 1. The van der Waals surface area contributed by atoms with E-state index in [0.717, 1.165) is 22.7 Å². The predicted molar refractivity (Wildman–Crippen MR) is 97.9 cm³/mol. The molecule has 1 aromatic carbocycles. The molecule has 5 nitrogen and oxygen atoms in total. The van der Waals surface area contributed by atoms with Crippen LogP contribution in [0.2, 0.25) is 0 Å². The Balaban J connectivity index is 1.86. The molecule has 0 amide bonds. The van der Waals surface area contributed by atoms with Gasteiger partial charge in [0.25, 0.3) is 0 Å². The van der Waals surface area contributed by atoms with Crippen molar-refractivity contribution in [1.29, 1.82) is 0 Å². The van der Waals surface area contributed by atoms with E-state index in [1.807, 2.05) is 23.0 Å². The van der Waals surface area contributed by atoms with Crippen molar-refractivity contribution in [1.82, 2.24) is 15.1 Å².